The molecule has 0 aliphatic heterocycles. The van der Waals surface area contributed by atoms with Crippen molar-refractivity contribution in [1.29, 1.82) is 0 Å². The van der Waals surface area contributed by atoms with Crippen LogP contribution in [0, 0.1) is 20.8 Å². The summed E-state index contributed by atoms with van der Waals surface area (Å²) >= 11 is 3.61. The van der Waals surface area contributed by atoms with E-state index in [4.69, 9.17) is 5.84 Å². The van der Waals surface area contributed by atoms with Gasteiger partial charge in [0.1, 0.15) is 0 Å². The molecule has 2 aromatic carbocycles. The Balaban J connectivity index is 2.37. The van der Waals surface area contributed by atoms with Crippen LogP contribution in [0.2, 0.25) is 0 Å². The molecule has 1 unspecified atom stereocenters. The van der Waals surface area contributed by atoms with Crippen LogP contribution < -0.4 is 11.3 Å². The summed E-state index contributed by atoms with van der Waals surface area (Å²) < 4.78 is 1.13. The number of nitrogens with one attached hydrogen (secondary N) is 1. The van der Waals surface area contributed by atoms with Gasteiger partial charge in [0.2, 0.25) is 0 Å². The Morgan fingerprint density at radius 1 is 1.10 bits per heavy atom. The van der Waals surface area contributed by atoms with Gasteiger partial charge in [-0.1, -0.05) is 51.8 Å². The van der Waals surface area contributed by atoms with Gasteiger partial charge in [-0.25, -0.2) is 0 Å². The minimum absolute atomic E-state index is 0.120. The van der Waals surface area contributed by atoms with E-state index in [9.17, 15) is 0 Å². The average molecular weight is 333 g/mol. The third kappa shape index (κ3) is 3.29. The lowest BCUT2D eigenvalue weighted by atomic mass is 9.91. The summed E-state index contributed by atoms with van der Waals surface area (Å²) in [6.07, 6.45) is 0.864. The minimum atomic E-state index is 0.120. The van der Waals surface area contributed by atoms with E-state index >= 15 is 0 Å². The fourth-order valence-electron chi connectivity index (χ4n) is 2.87. The number of hydrogen-bond donors (Lipinski definition) is 2. The van der Waals surface area contributed by atoms with Gasteiger partial charge < -0.3 is 0 Å². The fourth-order valence-corrected chi connectivity index (χ4v) is 3.32. The molecule has 0 spiro atoms. The molecule has 20 heavy (non-hydrogen) atoms. The summed E-state index contributed by atoms with van der Waals surface area (Å²) in [6.45, 7) is 6.43. The third-order valence-electron chi connectivity index (χ3n) is 3.67. The molecule has 3 N–H and O–H groups in total. The molecule has 106 valence electrons. The van der Waals surface area contributed by atoms with Gasteiger partial charge in [0, 0.05) is 4.47 Å². The van der Waals surface area contributed by atoms with Crippen LogP contribution in [0.25, 0.3) is 0 Å². The second kappa shape index (κ2) is 6.53. The monoisotopic (exact) mass is 332 g/mol. The highest BCUT2D eigenvalue weighted by molar-refractivity contribution is 9.10. The van der Waals surface area contributed by atoms with E-state index in [-0.39, 0.29) is 6.04 Å². The SMILES string of the molecule is Cc1cc(C)c(C(Cc2ccccc2Br)NN)c(C)c1. The zero-order chi connectivity index (χ0) is 14.7. The summed E-state index contributed by atoms with van der Waals surface area (Å²) in [6, 6.07) is 12.8. The molecule has 0 aromatic heterocycles. The molecular weight excluding hydrogens is 312 g/mol. The van der Waals surface area contributed by atoms with Crippen molar-refractivity contribution in [2.45, 2.75) is 33.2 Å². The van der Waals surface area contributed by atoms with E-state index in [2.05, 4.69) is 72.5 Å². The third-order valence-corrected chi connectivity index (χ3v) is 4.44. The van der Waals surface area contributed by atoms with Gasteiger partial charge in [-0.05, 0) is 55.5 Å². The smallest absolute Gasteiger partial charge is 0.0505 e. The van der Waals surface area contributed by atoms with Crippen LogP contribution in [-0.2, 0) is 6.42 Å². The van der Waals surface area contributed by atoms with Crippen molar-refractivity contribution in [1.82, 2.24) is 5.43 Å². The Kier molecular flexibility index (Phi) is 4.97. The molecule has 3 heteroatoms. The predicted molar refractivity (Wildman–Crippen MR) is 88.6 cm³/mol. The van der Waals surface area contributed by atoms with E-state index in [1.807, 2.05) is 6.07 Å². The number of halogens is 1. The molecule has 0 aliphatic carbocycles. The van der Waals surface area contributed by atoms with Crippen molar-refractivity contribution in [2.75, 3.05) is 0 Å². The maximum Gasteiger partial charge on any atom is 0.0505 e. The highest BCUT2D eigenvalue weighted by Crippen LogP contribution is 2.28. The molecule has 2 aromatic rings. The van der Waals surface area contributed by atoms with Gasteiger partial charge in [0.25, 0.3) is 0 Å². The van der Waals surface area contributed by atoms with Gasteiger partial charge >= 0.3 is 0 Å². The van der Waals surface area contributed by atoms with Crippen LogP contribution >= 0.6 is 15.9 Å². The van der Waals surface area contributed by atoms with Gasteiger partial charge in [-0.15, -0.1) is 0 Å². The number of rotatable bonds is 4. The summed E-state index contributed by atoms with van der Waals surface area (Å²) in [5, 5.41) is 0. The molecule has 2 nitrogen and oxygen atoms in total. The summed E-state index contributed by atoms with van der Waals surface area (Å²) in [7, 11) is 0. The summed E-state index contributed by atoms with van der Waals surface area (Å²) in [5.74, 6) is 5.81. The Bertz CT molecular complexity index is 585. The van der Waals surface area contributed by atoms with E-state index in [1.54, 1.807) is 0 Å². The highest BCUT2D eigenvalue weighted by Gasteiger charge is 2.16. The summed E-state index contributed by atoms with van der Waals surface area (Å²) in [5.41, 5.74) is 9.40. The highest BCUT2D eigenvalue weighted by atomic mass is 79.9. The van der Waals surface area contributed by atoms with Crippen molar-refractivity contribution in [3.63, 3.8) is 0 Å². The Morgan fingerprint density at radius 3 is 2.25 bits per heavy atom. The zero-order valence-electron chi connectivity index (χ0n) is 12.2. The van der Waals surface area contributed by atoms with Crippen LogP contribution in [-0.4, -0.2) is 0 Å². The standard InChI is InChI=1S/C17H21BrN2/c1-11-8-12(2)17(13(3)9-11)16(20-19)10-14-6-4-5-7-15(14)18/h4-9,16,20H,10,19H2,1-3H3. The molecule has 0 heterocycles. The van der Waals surface area contributed by atoms with Crippen molar-refractivity contribution in [2.24, 2.45) is 5.84 Å². The number of benzene rings is 2. The first-order valence-corrected chi connectivity index (χ1v) is 7.59. The van der Waals surface area contributed by atoms with Crippen molar-refractivity contribution in [3.05, 3.63) is 68.7 Å². The molecule has 0 saturated carbocycles. The van der Waals surface area contributed by atoms with Crippen molar-refractivity contribution in [3.8, 4) is 0 Å². The van der Waals surface area contributed by atoms with E-state index < -0.39 is 0 Å². The number of hydrogen-bond acceptors (Lipinski definition) is 2. The topological polar surface area (TPSA) is 38.0 Å². The number of hydrazine groups is 1. The Labute approximate surface area is 129 Å². The first-order chi connectivity index (χ1) is 9.52. The normalized spacial score (nSPS) is 12.4. The Hall–Kier alpha value is -1.16. The van der Waals surface area contributed by atoms with Crippen LogP contribution in [0.3, 0.4) is 0 Å². The fraction of sp³-hybridized carbons (Fsp3) is 0.294. The molecule has 0 saturated heterocycles. The lowest BCUT2D eigenvalue weighted by Crippen LogP contribution is -2.30. The first-order valence-electron chi connectivity index (χ1n) is 6.80. The second-order valence-electron chi connectivity index (χ2n) is 5.33. The van der Waals surface area contributed by atoms with Gasteiger partial charge in [0.15, 0.2) is 0 Å². The lowest BCUT2D eigenvalue weighted by Gasteiger charge is -2.22. The minimum Gasteiger partial charge on any atom is -0.271 e. The first kappa shape index (κ1) is 15.2. The number of nitrogens with two attached hydrogens (primary N) is 1. The van der Waals surface area contributed by atoms with Crippen LogP contribution in [0.1, 0.15) is 33.9 Å². The Morgan fingerprint density at radius 2 is 1.70 bits per heavy atom. The molecular formula is C17H21BrN2. The van der Waals surface area contributed by atoms with Gasteiger partial charge in [0.05, 0.1) is 6.04 Å². The van der Waals surface area contributed by atoms with Crippen molar-refractivity contribution < 1.29 is 0 Å². The largest absolute Gasteiger partial charge is 0.271 e. The van der Waals surface area contributed by atoms with E-state index in [1.165, 1.54) is 27.8 Å². The molecule has 0 amide bonds. The maximum absolute atomic E-state index is 5.81. The molecule has 0 bridgehead atoms. The summed E-state index contributed by atoms with van der Waals surface area (Å²) in [4.78, 5) is 0. The van der Waals surface area contributed by atoms with Crippen LogP contribution in [0.15, 0.2) is 40.9 Å². The van der Waals surface area contributed by atoms with E-state index in [0.717, 1.165) is 10.9 Å². The average Bonchev–Trinajstić information content (AvgIpc) is 2.38. The van der Waals surface area contributed by atoms with Crippen LogP contribution in [0.4, 0.5) is 0 Å². The molecule has 0 aliphatic rings. The number of aryl methyl sites for hydroxylation is 3. The van der Waals surface area contributed by atoms with Gasteiger partial charge in [-0.2, -0.15) is 0 Å². The van der Waals surface area contributed by atoms with E-state index in [0.29, 0.717) is 0 Å². The maximum atomic E-state index is 5.81. The quantitative estimate of drug-likeness (QED) is 0.652. The van der Waals surface area contributed by atoms with Gasteiger partial charge in [-0.3, -0.25) is 11.3 Å². The molecule has 0 radical (unpaired) electrons. The zero-order valence-corrected chi connectivity index (χ0v) is 13.8. The second-order valence-corrected chi connectivity index (χ2v) is 6.18. The lowest BCUT2D eigenvalue weighted by molar-refractivity contribution is 0.546. The van der Waals surface area contributed by atoms with Crippen LogP contribution in [0.5, 0.6) is 0 Å². The van der Waals surface area contributed by atoms with Crippen molar-refractivity contribution >= 4 is 15.9 Å². The molecule has 2 rings (SSSR count). The molecule has 1 atom stereocenters. The predicted octanol–water partition coefficient (Wildman–Crippen LogP) is 4.12. The molecule has 0 fully saturated rings.